The van der Waals surface area contributed by atoms with E-state index in [9.17, 15) is 4.79 Å². The average Bonchev–Trinajstić information content (AvgIpc) is 2.64. The number of amides is 1. The molecule has 1 amide bonds. The molecule has 0 aliphatic heterocycles. The number of hydrogen-bond acceptors (Lipinski definition) is 3. The molecule has 1 fully saturated rings. The van der Waals surface area contributed by atoms with Crippen LogP contribution in [0.5, 0.6) is 0 Å². The fourth-order valence-electron chi connectivity index (χ4n) is 2.89. The van der Waals surface area contributed by atoms with Crippen LogP contribution >= 0.6 is 0 Å². The van der Waals surface area contributed by atoms with Gasteiger partial charge in [0.2, 0.25) is 0 Å². The average molecular weight is 264 g/mol. The molecule has 0 radical (unpaired) electrons. The van der Waals surface area contributed by atoms with Crippen LogP contribution in [-0.2, 0) is 7.05 Å². The first-order valence-corrected chi connectivity index (χ1v) is 7.01. The minimum Gasteiger partial charge on any atom is -0.349 e. The molecule has 19 heavy (non-hydrogen) atoms. The molecule has 0 spiro atoms. The normalized spacial score (nSPS) is 23.4. The Morgan fingerprint density at radius 2 is 1.79 bits per heavy atom. The highest BCUT2D eigenvalue weighted by Gasteiger charge is 2.24. The van der Waals surface area contributed by atoms with Crippen molar-refractivity contribution >= 4 is 5.91 Å². The van der Waals surface area contributed by atoms with Crippen molar-refractivity contribution in [3.63, 3.8) is 0 Å². The molecule has 5 nitrogen and oxygen atoms in total. The molecule has 1 aromatic heterocycles. The number of carbonyl (C=O) groups is 1. The Morgan fingerprint density at radius 1 is 1.21 bits per heavy atom. The van der Waals surface area contributed by atoms with Crippen molar-refractivity contribution in [1.29, 1.82) is 0 Å². The summed E-state index contributed by atoms with van der Waals surface area (Å²) in [6.07, 6.45) is 4.37. The highest BCUT2D eigenvalue weighted by atomic mass is 16.1. The van der Waals surface area contributed by atoms with E-state index in [1.54, 1.807) is 4.68 Å². The molecule has 1 heterocycles. The van der Waals surface area contributed by atoms with Crippen molar-refractivity contribution in [1.82, 2.24) is 20.4 Å². The van der Waals surface area contributed by atoms with E-state index in [0.717, 1.165) is 42.6 Å². The molecular formula is C14H24N4O. The van der Waals surface area contributed by atoms with Gasteiger partial charge in [-0.3, -0.25) is 9.48 Å². The molecule has 0 bridgehead atoms. The van der Waals surface area contributed by atoms with Crippen LogP contribution < -0.4 is 10.6 Å². The Bertz CT molecular complexity index is 458. The Balaban J connectivity index is 1.98. The molecule has 0 unspecified atom stereocenters. The summed E-state index contributed by atoms with van der Waals surface area (Å²) < 4.78 is 1.77. The number of nitrogens with one attached hydrogen (secondary N) is 2. The zero-order valence-electron chi connectivity index (χ0n) is 12.3. The smallest absolute Gasteiger partial charge is 0.255 e. The number of aryl methyl sites for hydroxylation is 2. The van der Waals surface area contributed by atoms with E-state index in [0.29, 0.717) is 12.1 Å². The van der Waals surface area contributed by atoms with Crippen LogP contribution in [0.4, 0.5) is 0 Å². The minimum atomic E-state index is 0.0241. The second-order valence-electron chi connectivity index (χ2n) is 5.48. The van der Waals surface area contributed by atoms with Gasteiger partial charge in [0.25, 0.3) is 5.91 Å². The van der Waals surface area contributed by atoms with E-state index >= 15 is 0 Å². The molecule has 2 N–H and O–H groups in total. The Labute approximate surface area is 114 Å². The first-order valence-electron chi connectivity index (χ1n) is 7.01. The lowest BCUT2D eigenvalue weighted by Gasteiger charge is -2.28. The molecule has 1 aliphatic carbocycles. The molecular weight excluding hydrogens is 240 g/mol. The van der Waals surface area contributed by atoms with E-state index in [4.69, 9.17) is 0 Å². The van der Waals surface area contributed by atoms with Crippen molar-refractivity contribution in [3.05, 3.63) is 17.0 Å². The largest absolute Gasteiger partial charge is 0.349 e. The van der Waals surface area contributed by atoms with Crippen molar-refractivity contribution in [2.75, 3.05) is 7.05 Å². The maximum atomic E-state index is 12.3. The summed E-state index contributed by atoms with van der Waals surface area (Å²) in [6.45, 7) is 3.83. The van der Waals surface area contributed by atoms with Gasteiger partial charge in [0.1, 0.15) is 0 Å². The predicted molar refractivity (Wildman–Crippen MR) is 75.3 cm³/mol. The number of nitrogens with zero attached hydrogens (tertiary/aromatic N) is 2. The van der Waals surface area contributed by atoms with Gasteiger partial charge in [-0.15, -0.1) is 0 Å². The van der Waals surface area contributed by atoms with Crippen LogP contribution in [0.2, 0.25) is 0 Å². The number of hydrogen-bond donors (Lipinski definition) is 2. The van der Waals surface area contributed by atoms with Crippen LogP contribution in [0, 0.1) is 13.8 Å². The fourth-order valence-corrected chi connectivity index (χ4v) is 2.89. The maximum Gasteiger partial charge on any atom is 0.255 e. The lowest BCUT2D eigenvalue weighted by Crippen LogP contribution is -2.41. The third-order valence-corrected chi connectivity index (χ3v) is 4.21. The second kappa shape index (κ2) is 5.74. The molecule has 2 rings (SSSR count). The van der Waals surface area contributed by atoms with Crippen LogP contribution in [0.15, 0.2) is 0 Å². The summed E-state index contributed by atoms with van der Waals surface area (Å²) in [6, 6.07) is 0.908. The van der Waals surface area contributed by atoms with Crippen molar-refractivity contribution in [3.8, 4) is 0 Å². The molecule has 5 heteroatoms. The van der Waals surface area contributed by atoms with Crippen molar-refractivity contribution < 1.29 is 4.79 Å². The van der Waals surface area contributed by atoms with Gasteiger partial charge in [0.05, 0.1) is 11.3 Å². The second-order valence-corrected chi connectivity index (χ2v) is 5.48. The zero-order chi connectivity index (χ0) is 14.0. The summed E-state index contributed by atoms with van der Waals surface area (Å²) in [5, 5.41) is 10.8. The monoisotopic (exact) mass is 264 g/mol. The van der Waals surface area contributed by atoms with E-state index in [2.05, 4.69) is 15.7 Å². The highest BCUT2D eigenvalue weighted by molar-refractivity contribution is 5.96. The highest BCUT2D eigenvalue weighted by Crippen LogP contribution is 2.19. The van der Waals surface area contributed by atoms with Crippen LogP contribution in [0.3, 0.4) is 0 Å². The maximum absolute atomic E-state index is 12.3. The van der Waals surface area contributed by atoms with E-state index < -0.39 is 0 Å². The van der Waals surface area contributed by atoms with E-state index in [1.807, 2.05) is 27.9 Å². The lowest BCUT2D eigenvalue weighted by atomic mass is 9.91. The van der Waals surface area contributed by atoms with Gasteiger partial charge in [-0.05, 0) is 46.6 Å². The topological polar surface area (TPSA) is 58.9 Å². The van der Waals surface area contributed by atoms with Crippen LogP contribution in [-0.4, -0.2) is 34.8 Å². The Morgan fingerprint density at radius 3 is 2.26 bits per heavy atom. The molecule has 106 valence electrons. The Hall–Kier alpha value is -1.36. The molecule has 0 aromatic carbocycles. The number of carbonyl (C=O) groups excluding carboxylic acids is 1. The van der Waals surface area contributed by atoms with Crippen molar-refractivity contribution in [2.24, 2.45) is 7.05 Å². The lowest BCUT2D eigenvalue weighted by molar-refractivity contribution is 0.0923. The summed E-state index contributed by atoms with van der Waals surface area (Å²) >= 11 is 0. The van der Waals surface area contributed by atoms with Gasteiger partial charge < -0.3 is 10.6 Å². The summed E-state index contributed by atoms with van der Waals surface area (Å²) in [7, 11) is 3.88. The molecule has 1 aliphatic rings. The predicted octanol–water partition coefficient (Wildman–Crippen LogP) is 1.30. The Kier molecular flexibility index (Phi) is 4.24. The summed E-state index contributed by atoms with van der Waals surface area (Å²) in [5.74, 6) is 0.0241. The van der Waals surface area contributed by atoms with Crippen molar-refractivity contribution in [2.45, 2.75) is 51.6 Å². The number of aromatic nitrogens is 2. The quantitative estimate of drug-likeness (QED) is 0.865. The SMILES string of the molecule is CNC1CCC(NC(=O)c2c(C)nn(C)c2C)CC1. The standard InChI is InChI=1S/C14H24N4O/c1-9-13(10(2)18(4)17-9)14(19)16-12-7-5-11(15-3)6-8-12/h11-12,15H,5-8H2,1-4H3,(H,16,19). The summed E-state index contributed by atoms with van der Waals surface area (Å²) in [5.41, 5.74) is 2.47. The third kappa shape index (κ3) is 2.97. The molecule has 0 atom stereocenters. The first-order chi connectivity index (χ1) is 9.02. The third-order valence-electron chi connectivity index (χ3n) is 4.21. The van der Waals surface area contributed by atoms with Gasteiger partial charge in [-0.25, -0.2) is 0 Å². The summed E-state index contributed by atoms with van der Waals surface area (Å²) in [4.78, 5) is 12.3. The zero-order valence-corrected chi connectivity index (χ0v) is 12.3. The van der Waals surface area contributed by atoms with Gasteiger partial charge in [-0.1, -0.05) is 0 Å². The van der Waals surface area contributed by atoms with Gasteiger partial charge in [0, 0.05) is 24.8 Å². The molecule has 1 aromatic rings. The number of rotatable bonds is 3. The van der Waals surface area contributed by atoms with E-state index in [-0.39, 0.29) is 5.91 Å². The van der Waals surface area contributed by atoms with Crippen LogP contribution in [0.1, 0.15) is 47.4 Å². The van der Waals surface area contributed by atoms with Gasteiger partial charge >= 0.3 is 0 Å². The first kappa shape index (κ1) is 14.1. The van der Waals surface area contributed by atoms with Crippen LogP contribution in [0.25, 0.3) is 0 Å². The molecule has 0 saturated heterocycles. The fraction of sp³-hybridized carbons (Fsp3) is 0.714. The van der Waals surface area contributed by atoms with E-state index in [1.165, 1.54) is 0 Å². The van der Waals surface area contributed by atoms with Gasteiger partial charge in [-0.2, -0.15) is 5.10 Å². The van der Waals surface area contributed by atoms with Gasteiger partial charge in [0.15, 0.2) is 0 Å². The minimum absolute atomic E-state index is 0.0241. The molecule has 1 saturated carbocycles.